The van der Waals surface area contributed by atoms with Gasteiger partial charge in [0.25, 0.3) is 0 Å². The highest BCUT2D eigenvalue weighted by atomic mass is 16.5. The van der Waals surface area contributed by atoms with Crippen molar-refractivity contribution in [3.63, 3.8) is 0 Å². The molecule has 1 N–H and O–H groups in total. The molecule has 0 aromatic carbocycles. The summed E-state index contributed by atoms with van der Waals surface area (Å²) in [6.45, 7) is 6.37. The molecule has 0 amide bonds. The number of aliphatic hydroxyl groups is 1. The molecule has 0 aromatic rings. The first-order valence-electron chi connectivity index (χ1n) is 4.96. The van der Waals surface area contributed by atoms with Gasteiger partial charge in [0.05, 0.1) is 12.7 Å². The Hall–Kier alpha value is -0.340. The van der Waals surface area contributed by atoms with Crippen molar-refractivity contribution in [3.8, 4) is 0 Å². The molecule has 0 aliphatic heterocycles. The monoisotopic (exact) mass is 186 g/mol. The third kappa shape index (κ3) is 5.06. The lowest BCUT2D eigenvalue weighted by Crippen LogP contribution is -2.18. The summed E-state index contributed by atoms with van der Waals surface area (Å²) in [5.41, 5.74) is 1.02. The first-order valence-corrected chi connectivity index (χ1v) is 4.96. The number of hydrogen-bond acceptors (Lipinski definition) is 2. The Kier molecular flexibility index (Phi) is 6.92. The molecule has 0 aliphatic rings. The van der Waals surface area contributed by atoms with Gasteiger partial charge in [0.15, 0.2) is 0 Å². The molecule has 0 heterocycles. The summed E-state index contributed by atoms with van der Waals surface area (Å²) in [5, 5.41) is 8.86. The van der Waals surface area contributed by atoms with Gasteiger partial charge in [-0.3, -0.25) is 0 Å². The van der Waals surface area contributed by atoms with Crippen LogP contribution in [0.4, 0.5) is 0 Å². The molecule has 2 heteroatoms. The van der Waals surface area contributed by atoms with E-state index in [-0.39, 0.29) is 12.7 Å². The second-order valence-electron chi connectivity index (χ2n) is 3.59. The summed E-state index contributed by atoms with van der Waals surface area (Å²) < 4.78 is 5.37. The summed E-state index contributed by atoms with van der Waals surface area (Å²) >= 11 is 0. The maximum absolute atomic E-state index is 8.86. The highest BCUT2D eigenvalue weighted by Gasteiger charge is 2.13. The highest BCUT2D eigenvalue weighted by molar-refractivity contribution is 5.01. The minimum Gasteiger partial charge on any atom is -0.392 e. The largest absolute Gasteiger partial charge is 0.392 e. The molecule has 0 aromatic heterocycles. The van der Waals surface area contributed by atoms with Crippen LogP contribution in [0.2, 0.25) is 0 Å². The van der Waals surface area contributed by atoms with Crippen molar-refractivity contribution < 1.29 is 9.84 Å². The van der Waals surface area contributed by atoms with Crippen molar-refractivity contribution in [1.82, 2.24) is 0 Å². The molecule has 2 atom stereocenters. The van der Waals surface area contributed by atoms with Gasteiger partial charge in [-0.05, 0) is 13.3 Å². The van der Waals surface area contributed by atoms with Gasteiger partial charge < -0.3 is 9.84 Å². The fourth-order valence-electron chi connectivity index (χ4n) is 1.49. The molecule has 2 nitrogen and oxygen atoms in total. The van der Waals surface area contributed by atoms with Crippen LogP contribution < -0.4 is 0 Å². The Morgan fingerprint density at radius 2 is 2.15 bits per heavy atom. The molecule has 0 saturated carbocycles. The highest BCUT2D eigenvalue weighted by Crippen LogP contribution is 2.15. The topological polar surface area (TPSA) is 29.5 Å². The van der Waals surface area contributed by atoms with Crippen LogP contribution in [0.25, 0.3) is 0 Å². The molecule has 2 unspecified atom stereocenters. The zero-order valence-corrected chi connectivity index (χ0v) is 9.21. The van der Waals surface area contributed by atoms with Crippen molar-refractivity contribution in [3.05, 3.63) is 11.6 Å². The first kappa shape index (κ1) is 12.7. The third-order valence-electron chi connectivity index (χ3n) is 2.26. The molecular formula is C11H22O2. The van der Waals surface area contributed by atoms with Gasteiger partial charge in [-0.25, -0.2) is 0 Å². The van der Waals surface area contributed by atoms with E-state index >= 15 is 0 Å². The predicted octanol–water partition coefficient (Wildman–Crippen LogP) is 2.38. The summed E-state index contributed by atoms with van der Waals surface area (Å²) in [6.07, 6.45) is 4.58. The lowest BCUT2D eigenvalue weighted by molar-refractivity contribution is 0.0662. The zero-order chi connectivity index (χ0) is 10.3. The van der Waals surface area contributed by atoms with Gasteiger partial charge in [0.2, 0.25) is 0 Å². The van der Waals surface area contributed by atoms with Crippen molar-refractivity contribution in [2.75, 3.05) is 13.7 Å². The van der Waals surface area contributed by atoms with Crippen molar-refractivity contribution in [2.24, 2.45) is 5.92 Å². The predicted molar refractivity (Wildman–Crippen MR) is 55.7 cm³/mol. The molecular weight excluding hydrogens is 164 g/mol. The standard InChI is InChI=1S/C11H22O2/c1-5-6-11(13-4)10(3)7-9(2)8-12/h7,10-12H,5-6,8H2,1-4H3. The van der Waals surface area contributed by atoms with E-state index < -0.39 is 0 Å². The third-order valence-corrected chi connectivity index (χ3v) is 2.26. The van der Waals surface area contributed by atoms with E-state index in [9.17, 15) is 0 Å². The molecule has 0 bridgehead atoms. The fourth-order valence-corrected chi connectivity index (χ4v) is 1.49. The van der Waals surface area contributed by atoms with Crippen LogP contribution in [-0.2, 0) is 4.74 Å². The van der Waals surface area contributed by atoms with E-state index in [1.165, 1.54) is 0 Å². The molecule has 0 radical (unpaired) electrons. The number of aliphatic hydroxyl groups excluding tert-OH is 1. The smallest absolute Gasteiger partial charge is 0.0639 e. The number of rotatable bonds is 6. The maximum atomic E-state index is 8.86. The van der Waals surface area contributed by atoms with Crippen LogP contribution in [0, 0.1) is 5.92 Å². The van der Waals surface area contributed by atoms with Crippen LogP contribution >= 0.6 is 0 Å². The first-order chi connectivity index (χ1) is 6.15. The SMILES string of the molecule is CCCC(OC)C(C)C=C(C)CO. The van der Waals surface area contributed by atoms with Crippen LogP contribution in [0.3, 0.4) is 0 Å². The number of methoxy groups -OCH3 is 1. The van der Waals surface area contributed by atoms with Gasteiger partial charge in [-0.2, -0.15) is 0 Å². The van der Waals surface area contributed by atoms with Crippen LogP contribution in [0.1, 0.15) is 33.6 Å². The van der Waals surface area contributed by atoms with Crippen molar-refractivity contribution in [2.45, 2.75) is 39.7 Å². The van der Waals surface area contributed by atoms with Crippen LogP contribution in [0.5, 0.6) is 0 Å². The normalized spacial score (nSPS) is 17.2. The Morgan fingerprint density at radius 3 is 2.54 bits per heavy atom. The van der Waals surface area contributed by atoms with E-state index in [0.29, 0.717) is 5.92 Å². The lowest BCUT2D eigenvalue weighted by Gasteiger charge is -2.19. The summed E-state index contributed by atoms with van der Waals surface area (Å²) in [7, 11) is 1.75. The Morgan fingerprint density at radius 1 is 1.54 bits per heavy atom. The van der Waals surface area contributed by atoms with Gasteiger partial charge in [0.1, 0.15) is 0 Å². The summed E-state index contributed by atoms with van der Waals surface area (Å²) in [6, 6.07) is 0. The van der Waals surface area contributed by atoms with E-state index in [2.05, 4.69) is 19.9 Å². The van der Waals surface area contributed by atoms with Gasteiger partial charge in [-0.15, -0.1) is 0 Å². The minimum atomic E-state index is 0.146. The number of hydrogen-bond donors (Lipinski definition) is 1. The molecule has 0 fully saturated rings. The molecule has 0 aliphatic carbocycles. The van der Waals surface area contributed by atoms with E-state index in [0.717, 1.165) is 18.4 Å². The van der Waals surface area contributed by atoms with Crippen molar-refractivity contribution in [1.29, 1.82) is 0 Å². The maximum Gasteiger partial charge on any atom is 0.0639 e. The van der Waals surface area contributed by atoms with E-state index in [1.54, 1.807) is 7.11 Å². The molecule has 78 valence electrons. The fraction of sp³-hybridized carbons (Fsp3) is 0.818. The Labute approximate surface area is 81.6 Å². The Balaban J connectivity index is 4.11. The quantitative estimate of drug-likeness (QED) is 0.645. The summed E-state index contributed by atoms with van der Waals surface area (Å²) in [5.74, 6) is 0.386. The average Bonchev–Trinajstić information content (AvgIpc) is 2.13. The van der Waals surface area contributed by atoms with E-state index in [4.69, 9.17) is 9.84 Å². The lowest BCUT2D eigenvalue weighted by atomic mass is 9.98. The Bertz CT molecular complexity index is 152. The second-order valence-corrected chi connectivity index (χ2v) is 3.59. The zero-order valence-electron chi connectivity index (χ0n) is 9.21. The van der Waals surface area contributed by atoms with Crippen molar-refractivity contribution >= 4 is 0 Å². The van der Waals surface area contributed by atoms with Crippen LogP contribution in [-0.4, -0.2) is 24.9 Å². The minimum absolute atomic E-state index is 0.146. The van der Waals surface area contributed by atoms with Gasteiger partial charge in [-0.1, -0.05) is 31.9 Å². The number of ether oxygens (including phenoxy) is 1. The molecule has 0 rings (SSSR count). The van der Waals surface area contributed by atoms with Crippen LogP contribution in [0.15, 0.2) is 11.6 Å². The molecule has 13 heavy (non-hydrogen) atoms. The second kappa shape index (κ2) is 7.10. The molecule has 0 spiro atoms. The molecule has 0 saturated heterocycles. The van der Waals surface area contributed by atoms with Gasteiger partial charge >= 0.3 is 0 Å². The van der Waals surface area contributed by atoms with Gasteiger partial charge in [0, 0.05) is 13.0 Å². The van der Waals surface area contributed by atoms with E-state index in [1.807, 2.05) is 6.92 Å². The average molecular weight is 186 g/mol. The summed E-state index contributed by atoms with van der Waals surface area (Å²) in [4.78, 5) is 0.